The number of carbonyl (C=O) groups excluding carboxylic acids is 1. The molecule has 0 saturated carbocycles. The molecule has 0 N–H and O–H groups in total. The average Bonchev–Trinajstić information content (AvgIpc) is 3.30. The third kappa shape index (κ3) is 6.09. The van der Waals surface area contributed by atoms with Crippen molar-refractivity contribution in [2.45, 2.75) is 58.8 Å². The van der Waals surface area contributed by atoms with Crippen molar-refractivity contribution in [3.8, 4) is 11.8 Å². The summed E-state index contributed by atoms with van der Waals surface area (Å²) in [5, 5.41) is 0.464. The van der Waals surface area contributed by atoms with Gasteiger partial charge in [-0.1, -0.05) is 43.9 Å². The van der Waals surface area contributed by atoms with Crippen molar-refractivity contribution < 1.29 is 28.3 Å². The molecule has 11 heteroatoms. The minimum Gasteiger partial charge on any atom is -0.534 e. The van der Waals surface area contributed by atoms with Gasteiger partial charge in [0.05, 0.1) is 29.5 Å². The van der Waals surface area contributed by atoms with Crippen LogP contribution in [0.15, 0.2) is 42.7 Å². The fraction of sp³-hybridized carbons (Fsp3) is 0.407. The van der Waals surface area contributed by atoms with Crippen LogP contribution in [0.2, 0.25) is 30.7 Å². The highest BCUT2D eigenvalue weighted by Crippen LogP contribution is 2.33. The molecule has 1 aliphatic heterocycles. The van der Waals surface area contributed by atoms with Crippen LogP contribution >= 0.6 is 11.6 Å². The number of carbonyl (C=O) groups is 1. The monoisotopic (exact) mass is 556 g/mol. The largest absolute Gasteiger partial charge is 0.564 e. The SMILES string of the molecule is C=C1OB(c2cc3nc(Oc4ccc(C)c(C(=O)OC)c4)n(COCC[Si](C)(C)C)c3cc2Cl)OC1(C)C. The second-order valence-electron chi connectivity index (χ2n) is 11.1. The molecule has 202 valence electrons. The normalized spacial score (nSPS) is 15.2. The maximum absolute atomic E-state index is 12.2. The highest BCUT2D eigenvalue weighted by atomic mass is 35.5. The Morgan fingerprint density at radius 3 is 2.61 bits per heavy atom. The molecule has 1 saturated heterocycles. The summed E-state index contributed by atoms with van der Waals surface area (Å²) in [6, 6.07) is 10.2. The van der Waals surface area contributed by atoms with Gasteiger partial charge < -0.3 is 23.5 Å². The number of imidazole rings is 1. The topological polar surface area (TPSA) is 81.0 Å². The van der Waals surface area contributed by atoms with Crippen molar-refractivity contribution >= 4 is 49.3 Å². The fourth-order valence-electron chi connectivity index (χ4n) is 3.91. The summed E-state index contributed by atoms with van der Waals surface area (Å²) in [4.78, 5) is 17.0. The Morgan fingerprint density at radius 1 is 1.24 bits per heavy atom. The summed E-state index contributed by atoms with van der Waals surface area (Å²) in [6.07, 6.45) is 0. The first-order valence-electron chi connectivity index (χ1n) is 12.5. The highest BCUT2D eigenvalue weighted by Gasteiger charge is 2.44. The molecule has 4 rings (SSSR count). The maximum Gasteiger partial charge on any atom is 0.564 e. The summed E-state index contributed by atoms with van der Waals surface area (Å²) >= 11 is 6.72. The summed E-state index contributed by atoms with van der Waals surface area (Å²) in [7, 11) is -0.612. The predicted octanol–water partition coefficient (Wildman–Crippen LogP) is 5.92. The molecule has 2 heterocycles. The van der Waals surface area contributed by atoms with Crippen molar-refractivity contribution in [1.29, 1.82) is 0 Å². The Hall–Kier alpha value is -2.79. The molecule has 1 aromatic heterocycles. The lowest BCUT2D eigenvalue weighted by Gasteiger charge is -2.16. The first kappa shape index (κ1) is 28.2. The summed E-state index contributed by atoms with van der Waals surface area (Å²) in [5.74, 6) is 0.542. The number of aromatic nitrogens is 2. The van der Waals surface area contributed by atoms with Crippen molar-refractivity contribution in [1.82, 2.24) is 9.55 Å². The number of halogens is 1. The van der Waals surface area contributed by atoms with Crippen LogP contribution in [0.3, 0.4) is 0 Å². The lowest BCUT2D eigenvalue weighted by atomic mass is 9.79. The number of nitrogens with zero attached hydrogens (tertiary/aromatic N) is 2. The standard InChI is InChI=1S/C27H34BClN2O6Si/c1-17-9-10-19(13-20(17)25(32)33-5)35-26-30-23-14-21(28-36-18(2)27(3,4)37-28)22(29)15-24(23)31(26)16-34-11-12-38(6,7)8/h9-10,13-15H,2,11-12,16H2,1,3-8H3. The second kappa shape index (κ2) is 10.8. The molecule has 0 radical (unpaired) electrons. The summed E-state index contributed by atoms with van der Waals surface area (Å²) in [5.41, 5.74) is 2.58. The first-order chi connectivity index (χ1) is 17.8. The van der Waals surface area contributed by atoms with E-state index in [2.05, 4.69) is 26.2 Å². The Labute approximate surface area is 230 Å². The van der Waals surface area contributed by atoms with E-state index >= 15 is 0 Å². The molecular weight excluding hydrogens is 523 g/mol. The molecule has 1 aliphatic rings. The van der Waals surface area contributed by atoms with Crippen molar-refractivity contribution in [2.75, 3.05) is 13.7 Å². The number of methoxy groups -OCH3 is 1. The number of hydrogen-bond donors (Lipinski definition) is 0. The summed E-state index contributed by atoms with van der Waals surface area (Å²) < 4.78 is 30.9. The van der Waals surface area contributed by atoms with Crippen LogP contribution in [0, 0.1) is 6.92 Å². The number of hydrogen-bond acceptors (Lipinski definition) is 7. The van der Waals surface area contributed by atoms with Crippen LogP contribution < -0.4 is 10.2 Å². The fourth-order valence-corrected chi connectivity index (χ4v) is 4.92. The molecule has 2 aromatic carbocycles. The van der Waals surface area contributed by atoms with Gasteiger partial charge in [0.2, 0.25) is 0 Å². The van der Waals surface area contributed by atoms with Crippen LogP contribution in [-0.4, -0.2) is 50.0 Å². The molecule has 0 spiro atoms. The van der Waals surface area contributed by atoms with Gasteiger partial charge in [0.25, 0.3) is 0 Å². The van der Waals surface area contributed by atoms with E-state index in [9.17, 15) is 4.79 Å². The van der Waals surface area contributed by atoms with E-state index in [1.165, 1.54) is 7.11 Å². The van der Waals surface area contributed by atoms with Gasteiger partial charge >= 0.3 is 19.1 Å². The van der Waals surface area contributed by atoms with Crippen LogP contribution in [-0.2, 0) is 25.5 Å². The molecular formula is C27H34BClN2O6Si. The molecule has 38 heavy (non-hydrogen) atoms. The molecule has 0 bridgehead atoms. The second-order valence-corrected chi connectivity index (χ2v) is 17.1. The zero-order chi connectivity index (χ0) is 27.8. The lowest BCUT2D eigenvalue weighted by Crippen LogP contribution is -2.35. The smallest absolute Gasteiger partial charge is 0.534 e. The summed E-state index contributed by atoms with van der Waals surface area (Å²) in [6.45, 7) is 17.3. The molecule has 0 amide bonds. The number of ether oxygens (including phenoxy) is 3. The van der Waals surface area contributed by atoms with Crippen LogP contribution in [0.5, 0.6) is 11.8 Å². The number of benzene rings is 2. The van der Waals surface area contributed by atoms with Gasteiger partial charge in [-0.25, -0.2) is 4.79 Å². The van der Waals surface area contributed by atoms with Gasteiger partial charge in [0.1, 0.15) is 18.1 Å². The van der Waals surface area contributed by atoms with E-state index in [4.69, 9.17) is 40.1 Å². The Balaban J connectivity index is 1.71. The van der Waals surface area contributed by atoms with Crippen molar-refractivity contribution in [2.24, 2.45) is 0 Å². The number of fused-ring (bicyclic) bond motifs is 1. The number of rotatable bonds is 9. The molecule has 0 unspecified atom stereocenters. The third-order valence-electron chi connectivity index (χ3n) is 6.45. The first-order valence-corrected chi connectivity index (χ1v) is 16.6. The van der Waals surface area contributed by atoms with Gasteiger partial charge in [-0.2, -0.15) is 4.98 Å². The molecule has 8 nitrogen and oxygen atoms in total. The lowest BCUT2D eigenvalue weighted by molar-refractivity contribution is 0.0599. The Morgan fingerprint density at radius 2 is 1.97 bits per heavy atom. The van der Waals surface area contributed by atoms with E-state index in [0.29, 0.717) is 45.7 Å². The van der Waals surface area contributed by atoms with E-state index < -0.39 is 26.8 Å². The predicted molar refractivity (Wildman–Crippen MR) is 152 cm³/mol. The third-order valence-corrected chi connectivity index (χ3v) is 8.48. The molecule has 0 atom stereocenters. The van der Waals surface area contributed by atoms with Crippen LogP contribution in [0.1, 0.15) is 29.8 Å². The van der Waals surface area contributed by atoms with Crippen LogP contribution in [0.25, 0.3) is 11.0 Å². The van der Waals surface area contributed by atoms with Gasteiger partial charge in [0, 0.05) is 25.2 Å². The van der Waals surface area contributed by atoms with Gasteiger partial charge in [-0.05, 0) is 56.6 Å². The van der Waals surface area contributed by atoms with Crippen LogP contribution in [0.4, 0.5) is 0 Å². The zero-order valence-electron chi connectivity index (χ0n) is 23.0. The Bertz CT molecular complexity index is 1380. The maximum atomic E-state index is 12.2. The van der Waals surface area contributed by atoms with Crippen molar-refractivity contribution in [3.05, 3.63) is 58.8 Å². The average molecular weight is 557 g/mol. The van der Waals surface area contributed by atoms with Crippen molar-refractivity contribution in [3.63, 3.8) is 0 Å². The van der Waals surface area contributed by atoms with Gasteiger partial charge in [-0.15, -0.1) is 0 Å². The van der Waals surface area contributed by atoms with E-state index in [1.807, 2.05) is 37.5 Å². The van der Waals surface area contributed by atoms with Gasteiger partial charge in [-0.3, -0.25) is 4.57 Å². The Kier molecular flexibility index (Phi) is 7.99. The molecule has 0 aliphatic carbocycles. The number of esters is 1. The zero-order valence-corrected chi connectivity index (χ0v) is 24.8. The minimum atomic E-state index is -1.26. The molecule has 3 aromatic rings. The highest BCUT2D eigenvalue weighted by molar-refractivity contribution is 6.76. The van der Waals surface area contributed by atoms with E-state index in [-0.39, 0.29) is 6.73 Å². The quantitative estimate of drug-likeness (QED) is 0.184. The minimum absolute atomic E-state index is 0.224. The molecule has 1 fully saturated rings. The van der Waals surface area contributed by atoms with E-state index in [0.717, 1.165) is 17.1 Å². The number of aryl methyl sites for hydroxylation is 1. The van der Waals surface area contributed by atoms with Gasteiger partial charge in [0.15, 0.2) is 0 Å². The van der Waals surface area contributed by atoms with E-state index in [1.54, 1.807) is 18.2 Å².